The lowest BCUT2D eigenvalue weighted by atomic mass is 10.1. The molecule has 0 saturated carbocycles. The quantitative estimate of drug-likeness (QED) is 0.426. The van der Waals surface area contributed by atoms with Crippen LogP contribution in [0, 0.1) is 10.1 Å². The highest BCUT2D eigenvalue weighted by Gasteiger charge is 2.34. The van der Waals surface area contributed by atoms with Gasteiger partial charge in [0.2, 0.25) is 5.91 Å². The normalized spacial score (nSPS) is 13.8. The Kier molecular flexibility index (Phi) is 5.72. The number of nitrogens with two attached hydrogens (primary N) is 1. The van der Waals surface area contributed by atoms with Crippen LogP contribution in [0.3, 0.4) is 0 Å². The van der Waals surface area contributed by atoms with Crippen molar-refractivity contribution in [1.82, 2.24) is 0 Å². The lowest BCUT2D eigenvalue weighted by molar-refractivity contribution is -0.384. The first kappa shape index (κ1) is 19.1. The Balaban J connectivity index is 2.29. The van der Waals surface area contributed by atoms with Crippen LogP contribution in [-0.4, -0.2) is 52.2 Å². The van der Waals surface area contributed by atoms with E-state index < -0.39 is 35.4 Å². The van der Waals surface area contributed by atoms with Crippen LogP contribution in [0.25, 0.3) is 0 Å². The first-order chi connectivity index (χ1) is 12.2. The minimum atomic E-state index is -1.24. The Morgan fingerprint density at radius 2 is 2.04 bits per heavy atom. The van der Waals surface area contributed by atoms with Gasteiger partial charge in [0.05, 0.1) is 4.92 Å². The van der Waals surface area contributed by atoms with E-state index in [1.54, 1.807) is 0 Å². The van der Waals surface area contributed by atoms with Gasteiger partial charge in [-0.1, -0.05) is 0 Å². The first-order valence-corrected chi connectivity index (χ1v) is 7.66. The zero-order valence-corrected chi connectivity index (χ0v) is 13.6. The van der Waals surface area contributed by atoms with Gasteiger partial charge in [0.15, 0.2) is 6.61 Å². The summed E-state index contributed by atoms with van der Waals surface area (Å²) in [6.45, 7) is -0.476. The van der Waals surface area contributed by atoms with Crippen LogP contribution in [0.15, 0.2) is 12.1 Å². The molecule has 4 N–H and O–H groups in total. The van der Waals surface area contributed by atoms with Gasteiger partial charge in [0, 0.05) is 24.6 Å². The molecule has 11 nitrogen and oxygen atoms in total. The number of carbonyl (C=O) groups excluding carboxylic acids is 1. The van der Waals surface area contributed by atoms with Crippen LogP contribution in [0.5, 0.6) is 5.75 Å². The summed E-state index contributed by atoms with van der Waals surface area (Å²) in [6, 6.07) is 1.24. The van der Waals surface area contributed by atoms with Gasteiger partial charge < -0.3 is 25.6 Å². The number of ether oxygens (including phenoxy) is 1. The number of aliphatic carboxylic acids is 2. The van der Waals surface area contributed by atoms with Crippen molar-refractivity contribution in [1.29, 1.82) is 0 Å². The van der Waals surface area contributed by atoms with Crippen molar-refractivity contribution in [2.75, 3.05) is 18.1 Å². The summed E-state index contributed by atoms with van der Waals surface area (Å²) in [7, 11) is 0. The van der Waals surface area contributed by atoms with E-state index >= 15 is 0 Å². The van der Waals surface area contributed by atoms with Gasteiger partial charge in [-0.2, -0.15) is 0 Å². The molecule has 1 amide bonds. The van der Waals surface area contributed by atoms with Crippen LogP contribution in [-0.2, 0) is 20.8 Å². The summed E-state index contributed by atoms with van der Waals surface area (Å²) in [5, 5.41) is 28.8. The van der Waals surface area contributed by atoms with Crippen molar-refractivity contribution in [3.8, 4) is 5.75 Å². The van der Waals surface area contributed by atoms with Crippen LogP contribution in [0.1, 0.15) is 18.4 Å². The number of hydrogen-bond acceptors (Lipinski definition) is 7. The van der Waals surface area contributed by atoms with Gasteiger partial charge in [-0.3, -0.25) is 19.7 Å². The number of carbonyl (C=O) groups is 3. The number of nitro groups is 1. The van der Waals surface area contributed by atoms with Crippen LogP contribution in [0.2, 0.25) is 0 Å². The molecule has 1 aliphatic heterocycles. The molecule has 26 heavy (non-hydrogen) atoms. The van der Waals surface area contributed by atoms with Crippen molar-refractivity contribution in [2.24, 2.45) is 5.73 Å². The Bertz CT molecular complexity index is 764. The second kappa shape index (κ2) is 7.78. The van der Waals surface area contributed by atoms with Gasteiger partial charge >= 0.3 is 11.9 Å². The number of carboxylic acid groups (broad SMARTS) is 2. The Hall–Kier alpha value is -3.21. The topological polar surface area (TPSA) is 173 Å². The highest BCUT2D eigenvalue weighted by molar-refractivity contribution is 5.99. The van der Waals surface area contributed by atoms with Crippen molar-refractivity contribution in [2.45, 2.75) is 25.3 Å². The number of nitrogens with zero attached hydrogens (tertiary/aromatic N) is 2. The van der Waals surface area contributed by atoms with Crippen LogP contribution in [0.4, 0.5) is 11.4 Å². The van der Waals surface area contributed by atoms with E-state index in [9.17, 15) is 24.5 Å². The highest BCUT2D eigenvalue weighted by Crippen LogP contribution is 2.42. The van der Waals surface area contributed by atoms with Gasteiger partial charge in [-0.15, -0.1) is 0 Å². The van der Waals surface area contributed by atoms with E-state index in [0.29, 0.717) is 5.56 Å². The average Bonchev–Trinajstić information content (AvgIpc) is 3.01. The fourth-order valence-corrected chi connectivity index (χ4v) is 2.69. The Morgan fingerprint density at radius 1 is 1.35 bits per heavy atom. The second-order valence-corrected chi connectivity index (χ2v) is 5.63. The molecule has 2 rings (SSSR count). The average molecular weight is 367 g/mol. The summed E-state index contributed by atoms with van der Waals surface area (Å²) in [5.74, 6) is -2.79. The van der Waals surface area contributed by atoms with Crippen LogP contribution >= 0.6 is 0 Å². The number of fused-ring (bicyclic) bond motifs is 1. The predicted molar refractivity (Wildman–Crippen MR) is 87.1 cm³/mol. The lowest BCUT2D eigenvalue weighted by Crippen LogP contribution is -2.34. The zero-order chi connectivity index (χ0) is 19.4. The fourth-order valence-electron chi connectivity index (χ4n) is 2.69. The number of nitro benzene ring substituents is 1. The molecular formula is C15H17N3O8. The molecule has 1 unspecified atom stereocenters. The SMILES string of the molecule is NC(CCC(=O)N1CCc2c(OCC(=O)O)ccc([N+](=O)[O-])c21)C(=O)O. The Labute approximate surface area is 147 Å². The number of anilines is 1. The number of hydrogen-bond donors (Lipinski definition) is 3. The summed E-state index contributed by atoms with van der Waals surface area (Å²) in [4.78, 5) is 45.7. The minimum Gasteiger partial charge on any atom is -0.482 e. The molecule has 1 atom stereocenters. The highest BCUT2D eigenvalue weighted by atomic mass is 16.6. The molecule has 0 bridgehead atoms. The first-order valence-electron chi connectivity index (χ1n) is 7.66. The molecule has 1 aliphatic rings. The zero-order valence-electron chi connectivity index (χ0n) is 13.6. The molecule has 1 heterocycles. The molecule has 0 fully saturated rings. The van der Waals surface area contributed by atoms with E-state index in [1.807, 2.05) is 0 Å². The maximum Gasteiger partial charge on any atom is 0.341 e. The van der Waals surface area contributed by atoms with E-state index in [4.69, 9.17) is 20.7 Å². The molecule has 1 aromatic rings. The largest absolute Gasteiger partial charge is 0.482 e. The van der Waals surface area contributed by atoms with Gasteiger partial charge in [-0.25, -0.2) is 4.79 Å². The number of carboxylic acids is 2. The van der Waals surface area contributed by atoms with E-state index in [2.05, 4.69) is 0 Å². The number of amides is 1. The fraction of sp³-hybridized carbons (Fsp3) is 0.400. The molecular weight excluding hydrogens is 350 g/mol. The summed E-state index contributed by atoms with van der Waals surface area (Å²) >= 11 is 0. The molecule has 0 aromatic heterocycles. The van der Waals surface area contributed by atoms with Gasteiger partial charge in [0.1, 0.15) is 17.5 Å². The maximum atomic E-state index is 12.4. The monoisotopic (exact) mass is 367 g/mol. The minimum absolute atomic E-state index is 0.0479. The summed E-state index contributed by atoms with van der Waals surface area (Å²) < 4.78 is 5.14. The lowest BCUT2D eigenvalue weighted by Gasteiger charge is -2.18. The summed E-state index contributed by atoms with van der Waals surface area (Å²) in [5.41, 5.74) is 5.48. The third kappa shape index (κ3) is 4.06. The summed E-state index contributed by atoms with van der Waals surface area (Å²) in [6.07, 6.45) is -0.0457. The smallest absolute Gasteiger partial charge is 0.341 e. The van der Waals surface area contributed by atoms with Gasteiger partial charge in [-0.05, 0) is 18.9 Å². The standard InChI is InChI=1S/C15H17N3O8/c16-9(15(22)23)1-4-12(19)17-6-5-8-11(26-7-13(20)21)3-2-10(14(8)17)18(24)25/h2-3,9H,1,4-7,16H2,(H,20,21)(H,22,23). The third-order valence-corrected chi connectivity index (χ3v) is 3.91. The number of rotatable bonds is 8. The molecule has 1 aromatic carbocycles. The molecule has 0 radical (unpaired) electrons. The van der Waals surface area contributed by atoms with E-state index in [1.165, 1.54) is 11.0 Å². The molecule has 0 aliphatic carbocycles. The Morgan fingerprint density at radius 3 is 2.62 bits per heavy atom. The molecule has 140 valence electrons. The van der Waals surface area contributed by atoms with Crippen LogP contribution < -0.4 is 15.4 Å². The van der Waals surface area contributed by atoms with E-state index in [-0.39, 0.29) is 42.9 Å². The third-order valence-electron chi connectivity index (χ3n) is 3.91. The van der Waals surface area contributed by atoms with Crippen molar-refractivity contribution >= 4 is 29.2 Å². The van der Waals surface area contributed by atoms with Gasteiger partial charge in [0.25, 0.3) is 5.69 Å². The molecule has 11 heteroatoms. The van der Waals surface area contributed by atoms with Crippen molar-refractivity contribution in [3.05, 3.63) is 27.8 Å². The molecule has 0 spiro atoms. The predicted octanol–water partition coefficient (Wildman–Crippen LogP) is 0.139. The maximum absolute atomic E-state index is 12.4. The van der Waals surface area contributed by atoms with Crippen molar-refractivity contribution in [3.63, 3.8) is 0 Å². The van der Waals surface area contributed by atoms with Crippen molar-refractivity contribution < 1.29 is 34.3 Å². The van der Waals surface area contributed by atoms with E-state index in [0.717, 1.165) is 6.07 Å². The molecule has 0 saturated heterocycles. The second-order valence-electron chi connectivity index (χ2n) is 5.63. The number of benzene rings is 1.